The lowest BCUT2D eigenvalue weighted by Crippen LogP contribution is -2.37. The number of allylic oxidation sites excluding steroid dienone is 1. The maximum Gasteiger partial charge on any atom is 0.212 e. The summed E-state index contributed by atoms with van der Waals surface area (Å²) in [5.41, 5.74) is 7.03. The minimum atomic E-state index is 0.433. The molecule has 202 valence electrons. The normalized spacial score (nSPS) is 13.7. The van der Waals surface area contributed by atoms with Gasteiger partial charge in [-0.1, -0.05) is 36.9 Å². The van der Waals surface area contributed by atoms with Gasteiger partial charge in [0.05, 0.1) is 32.3 Å². The third-order valence-corrected chi connectivity index (χ3v) is 6.42. The van der Waals surface area contributed by atoms with Gasteiger partial charge < -0.3 is 24.3 Å². The van der Waals surface area contributed by atoms with Crippen LogP contribution >= 0.6 is 0 Å². The number of hydrogen-bond donors (Lipinski definition) is 3. The van der Waals surface area contributed by atoms with E-state index in [4.69, 9.17) is 29.6 Å². The Kier molecular flexibility index (Phi) is 8.42. The molecule has 0 atom stereocenters. The summed E-state index contributed by atoms with van der Waals surface area (Å²) < 4.78 is 12.8. The van der Waals surface area contributed by atoms with E-state index in [2.05, 4.69) is 38.5 Å². The van der Waals surface area contributed by atoms with Gasteiger partial charge in [0.2, 0.25) is 5.88 Å². The van der Waals surface area contributed by atoms with Crippen LogP contribution in [0.2, 0.25) is 0 Å². The zero-order valence-electron chi connectivity index (χ0n) is 21.9. The average Bonchev–Trinajstić information content (AvgIpc) is 3.41. The number of nitrogens with one attached hydrogen (secondary N) is 2. The summed E-state index contributed by atoms with van der Waals surface area (Å²) in [6.07, 6.45) is 7.16. The van der Waals surface area contributed by atoms with Crippen LogP contribution in [0.15, 0.2) is 67.3 Å². The number of imidazole rings is 1. The molecule has 11 nitrogen and oxygen atoms in total. The van der Waals surface area contributed by atoms with E-state index in [1.807, 2.05) is 42.1 Å². The first-order valence-corrected chi connectivity index (χ1v) is 12.8. The molecule has 3 aromatic heterocycles. The lowest BCUT2D eigenvalue weighted by atomic mass is 10.1. The molecule has 0 saturated carbocycles. The molecule has 0 aliphatic carbocycles. The molecular formula is C28H32N8O3. The maximum absolute atomic E-state index is 8.83. The second kappa shape index (κ2) is 12.5. The molecule has 1 fully saturated rings. The van der Waals surface area contributed by atoms with Crippen molar-refractivity contribution in [2.75, 3.05) is 44.9 Å². The van der Waals surface area contributed by atoms with Gasteiger partial charge in [-0.3, -0.25) is 10.7 Å². The van der Waals surface area contributed by atoms with Crippen molar-refractivity contribution in [1.82, 2.24) is 35.3 Å². The number of rotatable bonds is 11. The summed E-state index contributed by atoms with van der Waals surface area (Å²) in [4.78, 5) is 21.0. The molecule has 1 aromatic carbocycles. The summed E-state index contributed by atoms with van der Waals surface area (Å²) >= 11 is 0. The molecule has 3 N–H and O–H groups in total. The van der Waals surface area contributed by atoms with Crippen molar-refractivity contribution in [2.45, 2.75) is 13.1 Å². The van der Waals surface area contributed by atoms with E-state index in [1.165, 1.54) is 5.56 Å². The predicted octanol–water partition coefficient (Wildman–Crippen LogP) is 3.03. The number of nitrogens with zero attached hydrogens (tertiary/aromatic N) is 6. The molecule has 1 aliphatic rings. The third-order valence-electron chi connectivity index (χ3n) is 6.42. The molecule has 11 heteroatoms. The maximum atomic E-state index is 8.83. The van der Waals surface area contributed by atoms with Crippen molar-refractivity contribution < 1.29 is 14.7 Å². The largest absolute Gasteiger partial charge is 0.481 e. The second-order valence-corrected chi connectivity index (χ2v) is 9.06. The molecule has 0 radical (unpaired) electrons. The zero-order chi connectivity index (χ0) is 27.0. The van der Waals surface area contributed by atoms with Crippen LogP contribution in [-0.2, 0) is 17.8 Å². The van der Waals surface area contributed by atoms with E-state index in [0.717, 1.165) is 54.3 Å². The standard InChI is InChI=1S/C28H32N8O3/c1-20(34-37)3-4-21-5-7-22(8-6-21)17-29-11-12-36-19-31-25-27(35-13-15-39-16-14-35)32-26(33-28(25)36)23-9-10-24(38-2)30-18-23/h3-10,18-19,29,34,37H,1,11-17H2,2H3/b4-3+. The minimum absolute atomic E-state index is 0.433. The molecule has 0 unspecified atom stereocenters. The first-order valence-electron chi connectivity index (χ1n) is 12.8. The second-order valence-electron chi connectivity index (χ2n) is 9.06. The number of ether oxygens (including phenoxy) is 2. The number of benzene rings is 1. The fourth-order valence-corrected chi connectivity index (χ4v) is 4.26. The van der Waals surface area contributed by atoms with Gasteiger partial charge in [0.15, 0.2) is 22.8 Å². The van der Waals surface area contributed by atoms with Gasteiger partial charge in [0.25, 0.3) is 0 Å². The van der Waals surface area contributed by atoms with Gasteiger partial charge in [0.1, 0.15) is 0 Å². The zero-order valence-corrected chi connectivity index (χ0v) is 21.9. The molecular weight excluding hydrogens is 496 g/mol. The fourth-order valence-electron chi connectivity index (χ4n) is 4.26. The highest BCUT2D eigenvalue weighted by Crippen LogP contribution is 2.27. The number of hydrogen-bond acceptors (Lipinski definition) is 10. The Balaban J connectivity index is 1.30. The molecule has 0 amide bonds. The Bertz CT molecular complexity index is 1430. The molecule has 1 aliphatic heterocycles. The molecule has 39 heavy (non-hydrogen) atoms. The number of morpholine rings is 1. The SMILES string of the molecule is C=C(/C=C/c1ccc(CNCCn2cnc3c(N4CCOCC4)nc(-c4ccc(OC)nc4)nc32)cc1)NO. The van der Waals surface area contributed by atoms with Gasteiger partial charge in [-0.25, -0.2) is 19.9 Å². The van der Waals surface area contributed by atoms with Gasteiger partial charge in [-0.15, -0.1) is 0 Å². The van der Waals surface area contributed by atoms with Crippen LogP contribution in [0, 0.1) is 0 Å². The van der Waals surface area contributed by atoms with Crippen LogP contribution in [0.25, 0.3) is 28.6 Å². The topological polar surface area (TPSA) is 122 Å². The van der Waals surface area contributed by atoms with Crippen molar-refractivity contribution in [3.05, 3.63) is 78.4 Å². The molecule has 5 rings (SSSR count). The monoisotopic (exact) mass is 528 g/mol. The highest BCUT2D eigenvalue weighted by atomic mass is 16.5. The van der Waals surface area contributed by atoms with E-state index in [9.17, 15) is 0 Å². The number of methoxy groups -OCH3 is 1. The summed E-state index contributed by atoms with van der Waals surface area (Å²) in [5.74, 6) is 1.95. The highest BCUT2D eigenvalue weighted by molar-refractivity contribution is 5.85. The first kappa shape index (κ1) is 26.3. The minimum Gasteiger partial charge on any atom is -0.481 e. The smallest absolute Gasteiger partial charge is 0.212 e. The van der Waals surface area contributed by atoms with Crippen LogP contribution in [0.4, 0.5) is 5.82 Å². The van der Waals surface area contributed by atoms with Crippen LogP contribution in [0.5, 0.6) is 5.88 Å². The molecule has 0 spiro atoms. The number of pyridine rings is 1. The summed E-state index contributed by atoms with van der Waals surface area (Å²) in [5, 5.41) is 12.3. The number of fused-ring (bicyclic) bond motifs is 1. The van der Waals surface area contributed by atoms with Crippen molar-refractivity contribution >= 4 is 23.1 Å². The molecule has 4 aromatic rings. The number of hydroxylamine groups is 1. The van der Waals surface area contributed by atoms with E-state index >= 15 is 0 Å². The Hall–Kier alpha value is -4.32. The van der Waals surface area contributed by atoms with Crippen molar-refractivity contribution in [3.63, 3.8) is 0 Å². The average molecular weight is 529 g/mol. The molecule has 1 saturated heterocycles. The van der Waals surface area contributed by atoms with Crippen molar-refractivity contribution in [1.29, 1.82) is 0 Å². The predicted molar refractivity (Wildman–Crippen MR) is 149 cm³/mol. The van der Waals surface area contributed by atoms with Crippen LogP contribution in [-0.4, -0.2) is 69.7 Å². The Morgan fingerprint density at radius 1 is 1.13 bits per heavy atom. The summed E-state index contributed by atoms with van der Waals surface area (Å²) in [6.45, 7) is 8.66. The number of aromatic nitrogens is 5. The van der Waals surface area contributed by atoms with Crippen LogP contribution in [0.3, 0.4) is 0 Å². The summed E-state index contributed by atoms with van der Waals surface area (Å²) in [6, 6.07) is 11.9. The molecule has 0 bridgehead atoms. The number of anilines is 1. The van der Waals surface area contributed by atoms with E-state index < -0.39 is 0 Å². The summed E-state index contributed by atoms with van der Waals surface area (Å²) in [7, 11) is 1.59. The highest BCUT2D eigenvalue weighted by Gasteiger charge is 2.21. The van der Waals surface area contributed by atoms with Crippen molar-refractivity contribution in [2.24, 2.45) is 0 Å². The lowest BCUT2D eigenvalue weighted by molar-refractivity contribution is 0.122. The van der Waals surface area contributed by atoms with E-state index in [-0.39, 0.29) is 0 Å². The Morgan fingerprint density at radius 2 is 1.95 bits per heavy atom. The van der Waals surface area contributed by atoms with Gasteiger partial charge in [0, 0.05) is 50.6 Å². The van der Waals surface area contributed by atoms with Crippen molar-refractivity contribution in [3.8, 4) is 17.3 Å². The van der Waals surface area contributed by atoms with E-state index in [0.29, 0.717) is 37.2 Å². The Labute approximate surface area is 226 Å². The van der Waals surface area contributed by atoms with E-state index in [1.54, 1.807) is 19.4 Å². The quantitative estimate of drug-likeness (QED) is 0.152. The third kappa shape index (κ3) is 6.40. The fraction of sp³-hybridized carbons (Fsp3) is 0.286. The van der Waals surface area contributed by atoms with Crippen LogP contribution in [0.1, 0.15) is 11.1 Å². The first-order chi connectivity index (χ1) is 19.1. The van der Waals surface area contributed by atoms with Crippen LogP contribution < -0.4 is 20.4 Å². The van der Waals surface area contributed by atoms with Gasteiger partial charge >= 0.3 is 0 Å². The molecule has 4 heterocycles. The lowest BCUT2D eigenvalue weighted by Gasteiger charge is -2.28. The Morgan fingerprint density at radius 3 is 2.67 bits per heavy atom. The van der Waals surface area contributed by atoms with Gasteiger partial charge in [-0.05, 0) is 23.3 Å². The van der Waals surface area contributed by atoms with Gasteiger partial charge in [-0.2, -0.15) is 0 Å².